The Labute approximate surface area is 465 Å². The van der Waals surface area contributed by atoms with Crippen LogP contribution in [0.5, 0.6) is 23.0 Å². The molecule has 3 aliphatic carbocycles. The molecule has 3 aliphatic rings. The molecule has 9 heteroatoms. The minimum absolute atomic E-state index is 0.0769. The van der Waals surface area contributed by atoms with E-state index >= 15 is 26.3 Å². The van der Waals surface area contributed by atoms with E-state index in [9.17, 15) is 0 Å². The third-order valence-corrected chi connectivity index (χ3v) is 16.0. The Balaban J connectivity index is 1.02. The fourth-order valence-corrected chi connectivity index (χ4v) is 12.4. The number of rotatable bonds is 13. The molecule has 10 aromatic rings. The van der Waals surface area contributed by atoms with Crippen LogP contribution in [0.1, 0.15) is 68.5 Å². The highest BCUT2D eigenvalue weighted by atomic mass is 19.2. The molecule has 0 aromatic heterocycles. The molecule has 0 aliphatic heterocycles. The van der Waals surface area contributed by atoms with E-state index < -0.39 is 45.7 Å². The van der Waals surface area contributed by atoms with E-state index in [1.807, 2.05) is 181 Å². The largest absolute Gasteiger partial charge is 0.457 e. The van der Waals surface area contributed by atoms with Gasteiger partial charge in [-0.15, -0.1) is 0 Å². The van der Waals surface area contributed by atoms with Crippen LogP contribution >= 0.6 is 0 Å². The molecule has 0 saturated heterocycles. The summed E-state index contributed by atoms with van der Waals surface area (Å²) in [6.45, 7) is 7.67. The second-order valence-electron chi connectivity index (χ2n) is 20.3. The number of allylic oxidation sites excluding steroid dienone is 4. The van der Waals surface area contributed by atoms with Crippen LogP contribution in [0, 0.1) is 34.9 Å². The maximum absolute atomic E-state index is 17.1. The molecule has 13 rings (SSSR count). The fourth-order valence-electron chi connectivity index (χ4n) is 12.4. The Kier molecular flexibility index (Phi) is 12.6. The van der Waals surface area contributed by atoms with Crippen molar-refractivity contribution in [2.45, 2.75) is 23.7 Å². The van der Waals surface area contributed by atoms with Crippen molar-refractivity contribution in [1.29, 1.82) is 0 Å². The van der Waals surface area contributed by atoms with Crippen molar-refractivity contribution in [1.82, 2.24) is 0 Å². The van der Waals surface area contributed by atoms with Crippen LogP contribution in [0.2, 0.25) is 0 Å². The van der Waals surface area contributed by atoms with Crippen LogP contribution in [0.15, 0.2) is 243 Å². The van der Waals surface area contributed by atoms with Gasteiger partial charge >= 0.3 is 0 Å². The molecule has 0 radical (unpaired) electrons. The van der Waals surface area contributed by atoms with E-state index in [2.05, 4.69) is 13.2 Å². The highest BCUT2D eigenvalue weighted by Crippen LogP contribution is 2.61. The van der Waals surface area contributed by atoms with Crippen molar-refractivity contribution in [3.05, 3.63) is 334 Å². The van der Waals surface area contributed by atoms with Crippen LogP contribution < -0.4 is 14.4 Å². The molecule has 2 atom stereocenters. The van der Waals surface area contributed by atoms with Crippen molar-refractivity contribution in [3.8, 4) is 34.1 Å². The molecule has 0 spiro atoms. The molecule has 81 heavy (non-hydrogen) atoms. The Morgan fingerprint density at radius 3 is 1.37 bits per heavy atom. The number of benzene rings is 10. The van der Waals surface area contributed by atoms with Crippen LogP contribution in [-0.4, -0.2) is 0 Å². The molecule has 394 valence electrons. The molecule has 0 saturated carbocycles. The van der Waals surface area contributed by atoms with Crippen LogP contribution in [0.4, 0.5) is 43.4 Å². The van der Waals surface area contributed by atoms with Gasteiger partial charge in [-0.1, -0.05) is 141 Å². The Morgan fingerprint density at radius 2 is 0.827 bits per heavy atom. The molecule has 0 amide bonds. The van der Waals surface area contributed by atoms with E-state index in [0.29, 0.717) is 92.9 Å². The molecule has 0 fully saturated rings. The first-order valence-electron chi connectivity index (χ1n) is 26.5. The third-order valence-electron chi connectivity index (χ3n) is 16.0. The van der Waals surface area contributed by atoms with Gasteiger partial charge in [0, 0.05) is 40.3 Å². The van der Waals surface area contributed by atoms with Gasteiger partial charge in [-0.25, -0.2) is 26.3 Å². The lowest BCUT2D eigenvalue weighted by Crippen LogP contribution is -2.31. The van der Waals surface area contributed by atoms with Gasteiger partial charge in [0.1, 0.15) is 34.6 Å². The van der Waals surface area contributed by atoms with Crippen LogP contribution in [0.3, 0.4) is 0 Å². The van der Waals surface area contributed by atoms with Gasteiger partial charge < -0.3 is 14.4 Å². The smallest absolute Gasteiger partial charge is 0.161 e. The zero-order valence-electron chi connectivity index (χ0n) is 43.4. The van der Waals surface area contributed by atoms with Gasteiger partial charge in [-0.05, 0) is 177 Å². The lowest BCUT2D eigenvalue weighted by Gasteiger charge is -2.37. The number of anilines is 3. The minimum atomic E-state index is -1.56. The predicted molar refractivity (Wildman–Crippen MR) is 309 cm³/mol. The number of ether oxygens (including phenoxy) is 2. The molecule has 0 N–H and O–H groups in total. The van der Waals surface area contributed by atoms with Gasteiger partial charge in [0.15, 0.2) is 23.3 Å². The van der Waals surface area contributed by atoms with Crippen molar-refractivity contribution < 1.29 is 35.8 Å². The molecular formula is C72H47F6NO2. The SMILES string of the molecule is C=Cc1ccc(Oc2ccc(C3(c4cc(F)c(F)cc4F)C4=C(CCC=C4)c4ccc(N(c5ccccc5)c5ccc6c(c5)C(c5ccc(Oc7ccc(C=C)cc7)cc5)(c5cc(F)c(F)cc5F)c5ccccc5-6)cc43)cc2)cc1. The maximum Gasteiger partial charge on any atom is 0.161 e. The Morgan fingerprint density at radius 1 is 0.383 bits per heavy atom. The first-order chi connectivity index (χ1) is 39.5. The van der Waals surface area contributed by atoms with Gasteiger partial charge in [0.2, 0.25) is 0 Å². The van der Waals surface area contributed by atoms with E-state index in [4.69, 9.17) is 9.47 Å². The van der Waals surface area contributed by atoms with Crippen molar-refractivity contribution in [2.24, 2.45) is 0 Å². The average Bonchev–Trinajstić information content (AvgIpc) is 3.94. The molecule has 3 nitrogen and oxygen atoms in total. The van der Waals surface area contributed by atoms with Crippen molar-refractivity contribution in [3.63, 3.8) is 0 Å². The molecule has 2 unspecified atom stereocenters. The summed E-state index contributed by atoms with van der Waals surface area (Å²) in [7, 11) is 0. The lowest BCUT2D eigenvalue weighted by molar-refractivity contribution is 0.480. The topological polar surface area (TPSA) is 21.7 Å². The summed E-state index contributed by atoms with van der Waals surface area (Å²) in [5, 5.41) is 0. The van der Waals surface area contributed by atoms with Crippen LogP contribution in [0.25, 0.3) is 28.9 Å². The van der Waals surface area contributed by atoms with Gasteiger partial charge in [0.25, 0.3) is 0 Å². The number of hydrogen-bond donors (Lipinski definition) is 0. The number of fused-ring (bicyclic) bond motifs is 5. The van der Waals surface area contributed by atoms with Crippen molar-refractivity contribution >= 4 is 34.8 Å². The number of halogens is 6. The van der Waals surface area contributed by atoms with Crippen LogP contribution in [-0.2, 0) is 10.8 Å². The summed E-state index contributed by atoms with van der Waals surface area (Å²) >= 11 is 0. The highest BCUT2D eigenvalue weighted by Gasteiger charge is 2.51. The number of para-hydroxylation sites is 1. The number of hydrogen-bond acceptors (Lipinski definition) is 3. The number of nitrogens with zero attached hydrogens (tertiary/aromatic N) is 1. The quantitative estimate of drug-likeness (QED) is 0.0848. The van der Waals surface area contributed by atoms with E-state index in [1.54, 1.807) is 36.4 Å². The van der Waals surface area contributed by atoms with Gasteiger partial charge in [0.05, 0.1) is 10.8 Å². The molecule has 0 bridgehead atoms. The predicted octanol–water partition coefficient (Wildman–Crippen LogP) is 19.7. The van der Waals surface area contributed by atoms with E-state index in [-0.39, 0.29) is 11.1 Å². The summed E-state index contributed by atoms with van der Waals surface area (Å²) < 4.78 is 109. The first kappa shape index (κ1) is 50.6. The van der Waals surface area contributed by atoms with Gasteiger partial charge in [-0.2, -0.15) is 0 Å². The third kappa shape index (κ3) is 8.30. The summed E-state index contributed by atoms with van der Waals surface area (Å²) in [6.07, 6.45) is 8.75. The molecule has 10 aromatic carbocycles. The Bertz CT molecular complexity index is 4210. The summed E-state index contributed by atoms with van der Waals surface area (Å²) in [5.74, 6) is -4.78. The van der Waals surface area contributed by atoms with E-state index in [1.165, 1.54) is 0 Å². The monoisotopic (exact) mass is 1070 g/mol. The second-order valence-corrected chi connectivity index (χ2v) is 20.3. The second kappa shape index (κ2) is 20.1. The van der Waals surface area contributed by atoms with E-state index in [0.717, 1.165) is 51.1 Å². The van der Waals surface area contributed by atoms with Gasteiger partial charge in [-0.3, -0.25) is 0 Å². The maximum atomic E-state index is 17.1. The molecule has 0 heterocycles. The first-order valence-corrected chi connectivity index (χ1v) is 26.5. The highest BCUT2D eigenvalue weighted by molar-refractivity contribution is 5.93. The Hall–Kier alpha value is -9.86. The lowest BCUT2D eigenvalue weighted by atomic mass is 9.66. The normalized spacial score (nSPS) is 16.5. The zero-order valence-corrected chi connectivity index (χ0v) is 43.4. The summed E-state index contributed by atoms with van der Waals surface area (Å²) in [6, 6.07) is 61.4. The zero-order chi connectivity index (χ0) is 55.6. The standard InChI is InChI=1S/C72H47F6NO2/c1-3-44-18-28-51(29-19-44)80-53-32-22-46(23-33-53)71(63-40-67(75)69(77)42-65(63)73)59-16-10-8-14-55(59)57-36-26-49(38-61(57)71)79(48-12-6-5-7-13-48)50-27-37-58-56-15-9-11-17-60(56)72(62(58)39-50,64-41-68(76)70(78)43-66(64)74)47-24-34-54(35-25-47)81-52-30-20-45(4-2)21-31-52/h3-8,10-14,16-43H,1-2,9,15H2. The fraction of sp³-hybridized carbons (Fsp3) is 0.0556. The molecular weight excluding hydrogens is 1020 g/mol. The average molecular weight is 1070 g/mol. The van der Waals surface area contributed by atoms with Crippen molar-refractivity contribution in [2.75, 3.05) is 4.90 Å². The summed E-state index contributed by atoms with van der Waals surface area (Å²) in [5.41, 5.74) is 7.48. The summed E-state index contributed by atoms with van der Waals surface area (Å²) in [4.78, 5) is 2.03. The minimum Gasteiger partial charge on any atom is -0.457 e.